The van der Waals surface area contributed by atoms with Crippen LogP contribution in [0.3, 0.4) is 0 Å². The predicted octanol–water partition coefficient (Wildman–Crippen LogP) is 9.48. The molecule has 0 unspecified atom stereocenters. The molecule has 4 aromatic rings. The van der Waals surface area contributed by atoms with E-state index < -0.39 is 0 Å². The zero-order valence-electron chi connectivity index (χ0n) is 24.1. The van der Waals surface area contributed by atoms with E-state index in [2.05, 4.69) is 37.9 Å². The summed E-state index contributed by atoms with van der Waals surface area (Å²) < 4.78 is 0. The number of phenolic OH excluding ortho intramolecular Hbond substituents is 2. The SMILES string of the molecule is CC(C)Cc1ccc(O)cc1.Cc1ccc(N)cc1.Cc1ccc(N=Nc2cc(CC(C)C)ccc2O)cc1. The third-order valence-corrected chi connectivity index (χ3v) is 5.65. The Bertz CT molecular complexity index is 1260. The molecule has 0 amide bonds. The monoisotopic (exact) mass is 525 g/mol. The first-order valence-corrected chi connectivity index (χ1v) is 13.4. The number of nitrogen functional groups attached to an aromatic ring is 1. The molecule has 4 N–H and O–H groups in total. The minimum absolute atomic E-state index is 0.161. The lowest BCUT2D eigenvalue weighted by atomic mass is 10.0. The summed E-state index contributed by atoms with van der Waals surface area (Å²) in [7, 11) is 0. The first kappa shape index (κ1) is 31.1. The molecule has 0 heterocycles. The maximum Gasteiger partial charge on any atom is 0.143 e. The second kappa shape index (κ2) is 16.0. The van der Waals surface area contributed by atoms with Crippen molar-refractivity contribution >= 4 is 17.1 Å². The number of nitrogens with zero attached hydrogens (tertiary/aromatic N) is 2. The number of hydrogen-bond donors (Lipinski definition) is 3. The average molecular weight is 526 g/mol. The van der Waals surface area contributed by atoms with Gasteiger partial charge >= 0.3 is 0 Å². The van der Waals surface area contributed by atoms with Gasteiger partial charge in [0, 0.05) is 5.69 Å². The van der Waals surface area contributed by atoms with Gasteiger partial charge in [0.25, 0.3) is 0 Å². The Morgan fingerprint density at radius 2 is 1.10 bits per heavy atom. The fourth-order valence-electron chi connectivity index (χ4n) is 3.64. The molecule has 0 saturated heterocycles. The second-order valence-corrected chi connectivity index (χ2v) is 10.6. The molecule has 0 saturated carbocycles. The quantitative estimate of drug-likeness (QED) is 0.173. The summed E-state index contributed by atoms with van der Waals surface area (Å²) in [5.74, 6) is 1.76. The number of anilines is 1. The van der Waals surface area contributed by atoms with Crippen molar-refractivity contribution in [1.29, 1.82) is 0 Å². The molecule has 39 heavy (non-hydrogen) atoms. The molecule has 0 aliphatic heterocycles. The standard InChI is InChI=1S/C17H20N2O.C10H14O.C7H9N/c1-12(2)10-14-6-9-17(20)16(11-14)19-18-15-7-4-13(3)5-8-15;1-8(2)7-9-3-5-10(11)6-4-9;1-6-2-4-7(8)5-3-6/h4-9,11-12,20H,10H2,1-3H3;3-6,8,11H,7H2,1-2H3;2-5H,8H2,1H3. The molecule has 5 heteroatoms. The number of benzene rings is 4. The summed E-state index contributed by atoms with van der Waals surface area (Å²) in [6, 6.07) is 28.5. The minimum Gasteiger partial charge on any atom is -0.508 e. The molecular weight excluding hydrogens is 482 g/mol. The zero-order chi connectivity index (χ0) is 28.8. The number of nitrogens with two attached hydrogens (primary N) is 1. The highest BCUT2D eigenvalue weighted by Gasteiger charge is 2.04. The van der Waals surface area contributed by atoms with Crippen LogP contribution in [-0.2, 0) is 12.8 Å². The molecule has 206 valence electrons. The van der Waals surface area contributed by atoms with Crippen molar-refractivity contribution < 1.29 is 10.2 Å². The summed E-state index contributed by atoms with van der Waals surface area (Å²) >= 11 is 0. The fraction of sp³-hybridized carbons (Fsp3) is 0.294. The number of phenols is 2. The second-order valence-electron chi connectivity index (χ2n) is 10.6. The van der Waals surface area contributed by atoms with Gasteiger partial charge in [-0.1, -0.05) is 81.3 Å². The van der Waals surface area contributed by atoms with Crippen LogP contribution in [0, 0.1) is 25.7 Å². The summed E-state index contributed by atoms with van der Waals surface area (Å²) in [6.07, 6.45) is 2.05. The number of hydrogen-bond acceptors (Lipinski definition) is 5. The summed E-state index contributed by atoms with van der Waals surface area (Å²) in [4.78, 5) is 0. The highest BCUT2D eigenvalue weighted by molar-refractivity contribution is 5.53. The van der Waals surface area contributed by atoms with Gasteiger partial charge in [0.05, 0.1) is 5.69 Å². The molecule has 0 bridgehead atoms. The normalized spacial score (nSPS) is 10.7. The number of azo groups is 1. The Hall–Kier alpha value is -4.12. The van der Waals surface area contributed by atoms with Crippen LogP contribution in [0.2, 0.25) is 0 Å². The topological polar surface area (TPSA) is 91.2 Å². The van der Waals surface area contributed by atoms with Crippen LogP contribution in [0.25, 0.3) is 0 Å². The van der Waals surface area contributed by atoms with E-state index in [1.165, 1.54) is 16.7 Å². The fourth-order valence-corrected chi connectivity index (χ4v) is 3.64. The molecule has 0 fully saturated rings. The maximum absolute atomic E-state index is 9.84. The largest absolute Gasteiger partial charge is 0.508 e. The highest BCUT2D eigenvalue weighted by Crippen LogP contribution is 2.30. The molecule has 0 aliphatic rings. The van der Waals surface area contributed by atoms with Crippen LogP contribution < -0.4 is 5.73 Å². The van der Waals surface area contributed by atoms with E-state index in [4.69, 9.17) is 10.8 Å². The molecule has 4 aromatic carbocycles. The van der Waals surface area contributed by atoms with Gasteiger partial charge in [0.15, 0.2) is 0 Å². The van der Waals surface area contributed by atoms with Crippen molar-refractivity contribution in [2.24, 2.45) is 22.1 Å². The molecule has 0 atom stereocenters. The van der Waals surface area contributed by atoms with E-state index in [1.54, 1.807) is 18.2 Å². The van der Waals surface area contributed by atoms with Crippen molar-refractivity contribution in [3.8, 4) is 11.5 Å². The van der Waals surface area contributed by atoms with Gasteiger partial charge in [-0.2, -0.15) is 5.11 Å². The molecule has 0 radical (unpaired) electrons. The first-order valence-electron chi connectivity index (χ1n) is 13.4. The lowest BCUT2D eigenvalue weighted by Gasteiger charge is -2.06. The lowest BCUT2D eigenvalue weighted by Crippen LogP contribution is -1.93. The van der Waals surface area contributed by atoms with Crippen LogP contribution >= 0.6 is 0 Å². The zero-order valence-corrected chi connectivity index (χ0v) is 24.1. The van der Waals surface area contributed by atoms with E-state index in [9.17, 15) is 5.11 Å². The Morgan fingerprint density at radius 3 is 1.62 bits per heavy atom. The van der Waals surface area contributed by atoms with Crippen molar-refractivity contribution in [2.75, 3.05) is 5.73 Å². The Morgan fingerprint density at radius 1 is 0.615 bits per heavy atom. The molecule has 0 spiro atoms. The van der Waals surface area contributed by atoms with Crippen LogP contribution in [0.5, 0.6) is 11.5 Å². The Balaban J connectivity index is 0.000000234. The van der Waals surface area contributed by atoms with Gasteiger partial charge in [-0.25, -0.2) is 0 Å². The van der Waals surface area contributed by atoms with Gasteiger partial charge < -0.3 is 15.9 Å². The third kappa shape index (κ3) is 12.8. The van der Waals surface area contributed by atoms with E-state index in [1.807, 2.05) is 86.6 Å². The van der Waals surface area contributed by atoms with Gasteiger partial charge in [-0.05, 0) is 98.2 Å². The van der Waals surface area contributed by atoms with Crippen LogP contribution in [0.4, 0.5) is 17.1 Å². The molecule has 4 rings (SSSR count). The highest BCUT2D eigenvalue weighted by atomic mass is 16.3. The Kier molecular flexibility index (Phi) is 12.7. The smallest absolute Gasteiger partial charge is 0.143 e. The van der Waals surface area contributed by atoms with Crippen molar-refractivity contribution in [3.05, 3.63) is 113 Å². The van der Waals surface area contributed by atoms with Gasteiger partial charge in [-0.15, -0.1) is 5.11 Å². The number of aryl methyl sites for hydroxylation is 2. The lowest BCUT2D eigenvalue weighted by molar-refractivity contribution is 0.474. The first-order chi connectivity index (χ1) is 18.5. The van der Waals surface area contributed by atoms with Crippen molar-refractivity contribution in [3.63, 3.8) is 0 Å². The minimum atomic E-state index is 0.161. The molecule has 0 aromatic heterocycles. The van der Waals surface area contributed by atoms with Crippen molar-refractivity contribution in [2.45, 2.75) is 54.4 Å². The summed E-state index contributed by atoms with van der Waals surface area (Å²) in [5.41, 5.74) is 12.4. The van der Waals surface area contributed by atoms with Gasteiger partial charge in [-0.3, -0.25) is 0 Å². The molecule has 0 aliphatic carbocycles. The molecule has 5 nitrogen and oxygen atoms in total. The van der Waals surface area contributed by atoms with Crippen LogP contribution in [-0.4, -0.2) is 10.2 Å². The average Bonchev–Trinajstić information content (AvgIpc) is 2.89. The predicted molar refractivity (Wildman–Crippen MR) is 164 cm³/mol. The van der Waals surface area contributed by atoms with E-state index in [0.717, 1.165) is 29.8 Å². The van der Waals surface area contributed by atoms with E-state index in [-0.39, 0.29) is 5.75 Å². The van der Waals surface area contributed by atoms with Crippen LogP contribution in [0.15, 0.2) is 101 Å². The summed E-state index contributed by atoms with van der Waals surface area (Å²) in [6.45, 7) is 12.8. The maximum atomic E-state index is 9.84. The van der Waals surface area contributed by atoms with Crippen molar-refractivity contribution in [1.82, 2.24) is 0 Å². The van der Waals surface area contributed by atoms with E-state index in [0.29, 0.717) is 23.3 Å². The third-order valence-electron chi connectivity index (χ3n) is 5.65. The van der Waals surface area contributed by atoms with Crippen LogP contribution in [0.1, 0.15) is 49.9 Å². The number of rotatable bonds is 6. The van der Waals surface area contributed by atoms with Gasteiger partial charge in [0.1, 0.15) is 17.2 Å². The van der Waals surface area contributed by atoms with Gasteiger partial charge in [0.2, 0.25) is 0 Å². The van der Waals surface area contributed by atoms with E-state index >= 15 is 0 Å². The summed E-state index contributed by atoms with van der Waals surface area (Å²) in [5, 5.41) is 27.1. The Labute approximate surface area is 234 Å². The number of aromatic hydroxyl groups is 2. The molecular formula is C34H43N3O2.